The first-order chi connectivity index (χ1) is 9.88. The summed E-state index contributed by atoms with van der Waals surface area (Å²) in [6.07, 6.45) is 4.37. The summed E-state index contributed by atoms with van der Waals surface area (Å²) in [5.74, 6) is 0.415. The maximum Gasteiger partial charge on any atom is 0.199 e. The molecule has 0 aliphatic heterocycles. The van der Waals surface area contributed by atoms with Crippen LogP contribution in [0.25, 0.3) is 0 Å². The molecular weight excluding hydrogens is 314 g/mol. The van der Waals surface area contributed by atoms with Crippen molar-refractivity contribution in [2.75, 3.05) is 6.26 Å². The van der Waals surface area contributed by atoms with Gasteiger partial charge in [-0.2, -0.15) is 0 Å². The zero-order valence-electron chi connectivity index (χ0n) is 11.2. The standard InChI is InChI=1S/C14H12ClNO4S/c1-21(18,19)9-4-5-12(15)10(6-9)13(17)11-7-16-20-14(11)8-2-3-8/h4-8H,2-3H2,1H3. The van der Waals surface area contributed by atoms with E-state index in [1.54, 1.807) is 0 Å². The minimum atomic E-state index is -3.41. The molecule has 0 bridgehead atoms. The topological polar surface area (TPSA) is 77.2 Å². The van der Waals surface area contributed by atoms with Crippen LogP contribution in [-0.2, 0) is 9.84 Å². The molecule has 0 radical (unpaired) electrons. The van der Waals surface area contributed by atoms with Crippen LogP contribution < -0.4 is 0 Å². The Hall–Kier alpha value is -1.66. The lowest BCUT2D eigenvalue weighted by Gasteiger charge is -2.05. The van der Waals surface area contributed by atoms with E-state index in [0.717, 1.165) is 19.1 Å². The van der Waals surface area contributed by atoms with Gasteiger partial charge in [0.2, 0.25) is 0 Å². The minimum Gasteiger partial charge on any atom is -0.360 e. The second-order valence-corrected chi connectivity index (χ2v) is 7.54. The van der Waals surface area contributed by atoms with E-state index < -0.39 is 9.84 Å². The first-order valence-electron chi connectivity index (χ1n) is 6.37. The number of halogens is 1. The van der Waals surface area contributed by atoms with Crippen LogP contribution in [0.2, 0.25) is 5.02 Å². The van der Waals surface area contributed by atoms with Crippen molar-refractivity contribution in [2.45, 2.75) is 23.7 Å². The van der Waals surface area contributed by atoms with Crippen LogP contribution >= 0.6 is 11.6 Å². The monoisotopic (exact) mass is 325 g/mol. The summed E-state index contributed by atoms with van der Waals surface area (Å²) in [6, 6.07) is 4.09. The maximum atomic E-state index is 12.6. The third-order valence-corrected chi connectivity index (χ3v) is 4.84. The van der Waals surface area contributed by atoms with E-state index in [9.17, 15) is 13.2 Å². The molecule has 2 aromatic rings. The number of rotatable bonds is 4. The van der Waals surface area contributed by atoms with Crippen molar-refractivity contribution < 1.29 is 17.7 Å². The third kappa shape index (κ3) is 2.73. The van der Waals surface area contributed by atoms with Crippen molar-refractivity contribution in [2.24, 2.45) is 0 Å². The largest absolute Gasteiger partial charge is 0.360 e. The van der Waals surface area contributed by atoms with Crippen molar-refractivity contribution in [3.8, 4) is 0 Å². The number of carbonyl (C=O) groups is 1. The number of aromatic nitrogens is 1. The van der Waals surface area contributed by atoms with Crippen molar-refractivity contribution in [3.63, 3.8) is 0 Å². The maximum absolute atomic E-state index is 12.6. The van der Waals surface area contributed by atoms with Crippen LogP contribution in [-0.4, -0.2) is 25.6 Å². The lowest BCUT2D eigenvalue weighted by atomic mass is 10.0. The Balaban J connectivity index is 2.07. The number of sulfone groups is 1. The van der Waals surface area contributed by atoms with Crippen molar-refractivity contribution in [3.05, 3.63) is 46.3 Å². The molecule has 0 saturated heterocycles. The van der Waals surface area contributed by atoms with Gasteiger partial charge in [-0.25, -0.2) is 8.42 Å². The van der Waals surface area contributed by atoms with Gasteiger partial charge >= 0.3 is 0 Å². The number of nitrogens with zero attached hydrogens (tertiary/aromatic N) is 1. The summed E-state index contributed by atoms with van der Waals surface area (Å²) >= 11 is 6.04. The molecule has 21 heavy (non-hydrogen) atoms. The molecule has 1 aliphatic carbocycles. The fraction of sp³-hybridized carbons (Fsp3) is 0.286. The highest BCUT2D eigenvalue weighted by Crippen LogP contribution is 2.42. The van der Waals surface area contributed by atoms with E-state index >= 15 is 0 Å². The molecule has 110 valence electrons. The Labute approximate surface area is 126 Å². The van der Waals surface area contributed by atoms with Crippen LogP contribution in [0.5, 0.6) is 0 Å². The zero-order valence-corrected chi connectivity index (χ0v) is 12.7. The Morgan fingerprint density at radius 2 is 2.05 bits per heavy atom. The Bertz CT molecular complexity index is 821. The van der Waals surface area contributed by atoms with E-state index in [-0.39, 0.29) is 27.2 Å². The van der Waals surface area contributed by atoms with Crippen LogP contribution in [0.4, 0.5) is 0 Å². The molecule has 0 unspecified atom stereocenters. The molecular formula is C14H12ClNO4S. The molecule has 0 N–H and O–H groups in total. The Kier molecular flexibility index (Phi) is 3.37. The molecule has 0 atom stereocenters. The van der Waals surface area contributed by atoms with Gasteiger partial charge in [0.05, 0.1) is 21.7 Å². The van der Waals surface area contributed by atoms with Gasteiger partial charge in [0, 0.05) is 17.7 Å². The van der Waals surface area contributed by atoms with Gasteiger partial charge in [-0.05, 0) is 31.0 Å². The molecule has 1 fully saturated rings. The third-order valence-electron chi connectivity index (χ3n) is 3.40. The molecule has 1 heterocycles. The Morgan fingerprint density at radius 1 is 1.33 bits per heavy atom. The highest BCUT2D eigenvalue weighted by atomic mass is 35.5. The lowest BCUT2D eigenvalue weighted by Crippen LogP contribution is -2.06. The molecule has 7 heteroatoms. The van der Waals surface area contributed by atoms with E-state index in [1.807, 2.05) is 0 Å². The van der Waals surface area contributed by atoms with Gasteiger partial charge in [0.1, 0.15) is 0 Å². The van der Waals surface area contributed by atoms with E-state index in [2.05, 4.69) is 5.16 Å². The molecule has 1 saturated carbocycles. The predicted molar refractivity (Wildman–Crippen MR) is 76.5 cm³/mol. The van der Waals surface area contributed by atoms with Crippen molar-refractivity contribution in [1.29, 1.82) is 0 Å². The first kappa shape index (κ1) is 14.3. The summed E-state index contributed by atoms with van der Waals surface area (Å²) in [7, 11) is -3.41. The van der Waals surface area contributed by atoms with Gasteiger partial charge in [-0.15, -0.1) is 0 Å². The molecule has 1 aromatic heterocycles. The summed E-state index contributed by atoms with van der Waals surface area (Å²) in [5.41, 5.74) is 0.495. The zero-order chi connectivity index (χ0) is 15.2. The molecule has 0 amide bonds. The first-order valence-corrected chi connectivity index (χ1v) is 8.63. The van der Waals surface area contributed by atoms with E-state index in [4.69, 9.17) is 16.1 Å². The molecule has 0 spiro atoms. The normalized spacial score (nSPS) is 15.1. The lowest BCUT2D eigenvalue weighted by molar-refractivity contribution is 0.103. The summed E-state index contributed by atoms with van der Waals surface area (Å²) in [5, 5.41) is 3.88. The molecule has 1 aromatic carbocycles. The second kappa shape index (κ2) is 4.96. The van der Waals surface area contributed by atoms with Gasteiger partial charge in [0.15, 0.2) is 21.4 Å². The smallest absolute Gasteiger partial charge is 0.199 e. The minimum absolute atomic E-state index is 0.0553. The van der Waals surface area contributed by atoms with Gasteiger partial charge in [-0.1, -0.05) is 16.8 Å². The SMILES string of the molecule is CS(=O)(=O)c1ccc(Cl)c(C(=O)c2cnoc2C2CC2)c1. The van der Waals surface area contributed by atoms with E-state index in [1.165, 1.54) is 24.4 Å². The average molecular weight is 326 g/mol. The fourth-order valence-corrected chi connectivity index (χ4v) is 2.96. The number of benzene rings is 1. The number of carbonyl (C=O) groups excluding carboxylic acids is 1. The second-order valence-electron chi connectivity index (χ2n) is 5.12. The van der Waals surface area contributed by atoms with Crippen LogP contribution in [0.1, 0.15) is 40.4 Å². The number of ketones is 1. The fourth-order valence-electron chi connectivity index (χ4n) is 2.11. The van der Waals surface area contributed by atoms with Crippen molar-refractivity contribution >= 4 is 27.2 Å². The Morgan fingerprint density at radius 3 is 2.67 bits per heavy atom. The van der Waals surface area contributed by atoms with Gasteiger partial charge in [0.25, 0.3) is 0 Å². The van der Waals surface area contributed by atoms with Crippen molar-refractivity contribution in [1.82, 2.24) is 5.16 Å². The molecule has 1 aliphatic rings. The molecule has 3 rings (SSSR count). The van der Waals surface area contributed by atoms with Crippen LogP contribution in [0.3, 0.4) is 0 Å². The number of hydrogen-bond donors (Lipinski definition) is 0. The highest BCUT2D eigenvalue weighted by molar-refractivity contribution is 7.90. The van der Waals surface area contributed by atoms with Crippen LogP contribution in [0, 0.1) is 0 Å². The quantitative estimate of drug-likeness (QED) is 0.808. The van der Waals surface area contributed by atoms with Gasteiger partial charge in [-0.3, -0.25) is 4.79 Å². The highest BCUT2D eigenvalue weighted by Gasteiger charge is 2.33. The summed E-state index contributed by atoms with van der Waals surface area (Å²) in [6.45, 7) is 0. The molecule has 5 nitrogen and oxygen atoms in total. The van der Waals surface area contributed by atoms with Gasteiger partial charge < -0.3 is 4.52 Å². The average Bonchev–Trinajstić information content (AvgIpc) is 3.14. The predicted octanol–water partition coefficient (Wildman–Crippen LogP) is 2.84. The summed E-state index contributed by atoms with van der Waals surface area (Å²) in [4.78, 5) is 12.6. The van der Waals surface area contributed by atoms with Crippen LogP contribution in [0.15, 0.2) is 33.8 Å². The summed E-state index contributed by atoms with van der Waals surface area (Å²) < 4.78 is 28.3. The number of hydrogen-bond acceptors (Lipinski definition) is 5. The van der Waals surface area contributed by atoms with E-state index in [0.29, 0.717) is 11.3 Å².